The largest absolute Gasteiger partial charge is 0.619 e. The molecule has 0 atom stereocenters. The lowest BCUT2D eigenvalue weighted by Gasteiger charge is -2.15. The lowest BCUT2D eigenvalue weighted by atomic mass is 10.2. The van der Waals surface area contributed by atoms with Gasteiger partial charge in [-0.3, -0.25) is 9.36 Å². The van der Waals surface area contributed by atoms with Gasteiger partial charge in [-0.1, -0.05) is 0 Å². The van der Waals surface area contributed by atoms with Crippen LogP contribution in [0.2, 0.25) is 0 Å². The smallest absolute Gasteiger partial charge is 0.286 e. The normalized spacial score (nSPS) is 13.3. The van der Waals surface area contributed by atoms with E-state index in [0.717, 1.165) is 24.2 Å². The van der Waals surface area contributed by atoms with E-state index >= 15 is 0 Å². The maximum absolute atomic E-state index is 12.7. The van der Waals surface area contributed by atoms with Crippen molar-refractivity contribution in [2.45, 2.75) is 13.0 Å². The third kappa shape index (κ3) is 4.35. The first kappa shape index (κ1) is 21.6. The van der Waals surface area contributed by atoms with Gasteiger partial charge in [0.2, 0.25) is 5.62 Å². The predicted octanol–water partition coefficient (Wildman–Crippen LogP) is 1.18. The molecule has 0 unspecified atom stereocenters. The van der Waals surface area contributed by atoms with Crippen LogP contribution >= 0.6 is 0 Å². The average Bonchev–Trinajstić information content (AvgIpc) is 3.27. The standard InChI is InChI=1S/C22H26N6O4/c1-26(2)10-5-13-32-17-8-7-16-18(19(17)31-3)24-22(28-12-9-23-20(16)28)25-21(29)15-6-4-11-27(30)14-15/h4,6-8,11,14,23H,5,9-10,12-13H2,1-3H3. The van der Waals surface area contributed by atoms with Gasteiger partial charge in [0.05, 0.1) is 13.7 Å². The number of aromatic nitrogens is 3. The second-order valence-corrected chi connectivity index (χ2v) is 7.71. The van der Waals surface area contributed by atoms with E-state index in [2.05, 4.69) is 20.2 Å². The van der Waals surface area contributed by atoms with Crippen LogP contribution in [0.5, 0.6) is 11.5 Å². The van der Waals surface area contributed by atoms with Crippen molar-refractivity contribution in [3.63, 3.8) is 0 Å². The molecule has 0 radical (unpaired) electrons. The molecule has 0 spiro atoms. The number of benzene rings is 1. The molecule has 168 valence electrons. The Kier molecular flexibility index (Phi) is 6.22. The number of methoxy groups -OCH3 is 1. The Morgan fingerprint density at radius 1 is 1.38 bits per heavy atom. The highest BCUT2D eigenvalue weighted by molar-refractivity contribution is 5.96. The summed E-state index contributed by atoms with van der Waals surface area (Å²) in [4.78, 5) is 23.7. The van der Waals surface area contributed by atoms with Crippen molar-refractivity contribution < 1.29 is 19.0 Å². The Balaban J connectivity index is 1.78. The van der Waals surface area contributed by atoms with Gasteiger partial charge >= 0.3 is 0 Å². The molecule has 1 aliphatic rings. The van der Waals surface area contributed by atoms with Crippen LogP contribution < -0.4 is 25.1 Å². The Hall–Kier alpha value is -3.66. The van der Waals surface area contributed by atoms with E-state index in [1.807, 2.05) is 30.8 Å². The molecule has 10 heteroatoms. The van der Waals surface area contributed by atoms with Gasteiger partial charge in [0, 0.05) is 31.1 Å². The Morgan fingerprint density at radius 3 is 2.97 bits per heavy atom. The number of carbonyl (C=O) groups is 1. The summed E-state index contributed by atoms with van der Waals surface area (Å²) >= 11 is 0. The summed E-state index contributed by atoms with van der Waals surface area (Å²) in [5.41, 5.74) is 0.985. The van der Waals surface area contributed by atoms with Crippen molar-refractivity contribution in [1.29, 1.82) is 0 Å². The number of anilines is 1. The molecular weight excluding hydrogens is 412 g/mol. The van der Waals surface area contributed by atoms with Crippen LogP contribution in [0.15, 0.2) is 41.7 Å². The maximum atomic E-state index is 12.7. The van der Waals surface area contributed by atoms with Crippen LogP contribution in [-0.4, -0.2) is 61.3 Å². The van der Waals surface area contributed by atoms with E-state index in [9.17, 15) is 10.0 Å². The van der Waals surface area contributed by atoms with Crippen molar-refractivity contribution in [1.82, 2.24) is 14.5 Å². The van der Waals surface area contributed by atoms with Gasteiger partial charge in [-0.2, -0.15) is 9.72 Å². The van der Waals surface area contributed by atoms with Gasteiger partial charge in [0.1, 0.15) is 16.9 Å². The molecule has 0 bridgehead atoms. The molecule has 3 heterocycles. The summed E-state index contributed by atoms with van der Waals surface area (Å²) in [5.74, 6) is 1.34. The fraction of sp³-hybridized carbons (Fsp3) is 0.364. The third-order valence-electron chi connectivity index (χ3n) is 5.14. The van der Waals surface area contributed by atoms with E-state index in [4.69, 9.17) is 9.47 Å². The Bertz CT molecular complexity index is 1220. The number of hydrogen-bond donors (Lipinski definition) is 1. The Labute approximate surface area is 185 Å². The summed E-state index contributed by atoms with van der Waals surface area (Å²) in [7, 11) is 5.60. The number of carbonyl (C=O) groups excluding carboxylic acids is 1. The summed E-state index contributed by atoms with van der Waals surface area (Å²) in [5, 5.41) is 15.7. The van der Waals surface area contributed by atoms with Crippen molar-refractivity contribution in [3.8, 4) is 11.5 Å². The molecule has 1 N–H and O–H groups in total. The highest BCUT2D eigenvalue weighted by Crippen LogP contribution is 2.37. The first-order valence-electron chi connectivity index (χ1n) is 10.4. The molecule has 0 fully saturated rings. The minimum absolute atomic E-state index is 0.189. The zero-order chi connectivity index (χ0) is 22.7. The summed E-state index contributed by atoms with van der Waals surface area (Å²) in [6.45, 7) is 2.76. The second-order valence-electron chi connectivity index (χ2n) is 7.71. The molecule has 32 heavy (non-hydrogen) atoms. The molecule has 0 aliphatic carbocycles. The van der Waals surface area contributed by atoms with Crippen molar-refractivity contribution in [2.24, 2.45) is 4.99 Å². The fourth-order valence-corrected chi connectivity index (χ4v) is 3.64. The lowest BCUT2D eigenvalue weighted by Crippen LogP contribution is -2.27. The predicted molar refractivity (Wildman–Crippen MR) is 119 cm³/mol. The van der Waals surface area contributed by atoms with Gasteiger partial charge in [-0.05, 0) is 38.7 Å². The average molecular weight is 438 g/mol. The second kappa shape index (κ2) is 9.23. The number of fused-ring (bicyclic) bond motifs is 3. The van der Waals surface area contributed by atoms with Gasteiger partial charge in [0.15, 0.2) is 23.9 Å². The minimum atomic E-state index is -0.543. The number of nitrogens with one attached hydrogen (secondary N) is 1. The first-order valence-corrected chi connectivity index (χ1v) is 10.4. The van der Waals surface area contributed by atoms with Gasteiger partial charge in [-0.25, -0.2) is 4.98 Å². The number of pyridine rings is 1. The number of hydrogen-bond acceptors (Lipinski definition) is 7. The monoisotopic (exact) mass is 438 g/mol. The SMILES string of the molecule is COc1c(OCCCN(C)C)ccc2c3n(c(=NC(=O)c4ccc[n+]([O-])c4)nc12)CCN3. The van der Waals surface area contributed by atoms with Crippen LogP contribution in [0.1, 0.15) is 16.8 Å². The molecule has 10 nitrogen and oxygen atoms in total. The summed E-state index contributed by atoms with van der Waals surface area (Å²) < 4.78 is 14.0. The molecule has 0 saturated heterocycles. The van der Waals surface area contributed by atoms with E-state index < -0.39 is 5.91 Å². The van der Waals surface area contributed by atoms with Gasteiger partial charge in [-0.15, -0.1) is 0 Å². The van der Waals surface area contributed by atoms with Crippen LogP contribution in [0.3, 0.4) is 0 Å². The number of amides is 1. The maximum Gasteiger partial charge on any atom is 0.286 e. The lowest BCUT2D eigenvalue weighted by molar-refractivity contribution is -0.605. The number of nitrogens with zero attached hydrogens (tertiary/aromatic N) is 5. The summed E-state index contributed by atoms with van der Waals surface area (Å²) in [6.07, 6.45) is 3.37. The van der Waals surface area contributed by atoms with Crippen molar-refractivity contribution in [3.05, 3.63) is 53.0 Å². The molecule has 2 aromatic heterocycles. The fourth-order valence-electron chi connectivity index (χ4n) is 3.64. The van der Waals surface area contributed by atoms with Crippen LogP contribution in [-0.2, 0) is 6.54 Å². The molecule has 3 aromatic rings. The zero-order valence-corrected chi connectivity index (χ0v) is 18.4. The minimum Gasteiger partial charge on any atom is -0.619 e. The van der Waals surface area contributed by atoms with Crippen molar-refractivity contribution >= 4 is 22.6 Å². The highest BCUT2D eigenvalue weighted by Gasteiger charge is 2.21. The molecule has 1 aromatic carbocycles. The zero-order valence-electron chi connectivity index (χ0n) is 18.4. The molecule has 4 rings (SSSR count). The van der Waals surface area contributed by atoms with Crippen LogP contribution in [0.4, 0.5) is 5.82 Å². The molecule has 1 aliphatic heterocycles. The topological polar surface area (TPSA) is 108 Å². The van der Waals surface area contributed by atoms with E-state index in [0.29, 0.717) is 41.4 Å². The van der Waals surface area contributed by atoms with Crippen molar-refractivity contribution in [2.75, 3.05) is 46.2 Å². The van der Waals surface area contributed by atoms with E-state index in [1.165, 1.54) is 18.5 Å². The van der Waals surface area contributed by atoms with Gasteiger partial charge < -0.3 is 24.9 Å². The molecule has 1 amide bonds. The van der Waals surface area contributed by atoms with Crippen LogP contribution in [0.25, 0.3) is 10.9 Å². The third-order valence-corrected chi connectivity index (χ3v) is 5.14. The summed E-state index contributed by atoms with van der Waals surface area (Å²) in [6, 6.07) is 6.86. The van der Waals surface area contributed by atoms with E-state index in [1.54, 1.807) is 13.2 Å². The van der Waals surface area contributed by atoms with E-state index in [-0.39, 0.29) is 11.2 Å². The number of ether oxygens (including phenoxy) is 2. The van der Waals surface area contributed by atoms with Crippen LogP contribution in [0, 0.1) is 5.21 Å². The quantitative estimate of drug-likeness (QED) is 0.335. The number of rotatable bonds is 7. The first-order chi connectivity index (χ1) is 15.5. The Morgan fingerprint density at radius 2 is 2.22 bits per heavy atom. The van der Waals surface area contributed by atoms with Gasteiger partial charge in [0.25, 0.3) is 5.91 Å². The molecular formula is C22H26N6O4. The highest BCUT2D eigenvalue weighted by atomic mass is 16.5. The molecule has 0 saturated carbocycles.